The van der Waals surface area contributed by atoms with E-state index in [0.29, 0.717) is 19.0 Å². The van der Waals surface area contributed by atoms with Gasteiger partial charge in [0.05, 0.1) is 5.69 Å². The SMILES string of the molecule is Cc1cccc(OCC(=O)N2CCC(Oc3ccc(C)nn3)CC2)c1. The van der Waals surface area contributed by atoms with Gasteiger partial charge in [0.25, 0.3) is 5.91 Å². The molecular weight excluding hydrogens is 318 g/mol. The summed E-state index contributed by atoms with van der Waals surface area (Å²) in [7, 11) is 0. The summed E-state index contributed by atoms with van der Waals surface area (Å²) in [6.45, 7) is 5.29. The van der Waals surface area contributed by atoms with Crippen LogP contribution < -0.4 is 9.47 Å². The average Bonchev–Trinajstić information content (AvgIpc) is 2.62. The molecule has 25 heavy (non-hydrogen) atoms. The highest BCUT2D eigenvalue weighted by Gasteiger charge is 2.24. The molecule has 0 radical (unpaired) electrons. The molecule has 1 aliphatic heterocycles. The number of hydrogen-bond acceptors (Lipinski definition) is 5. The average molecular weight is 341 g/mol. The number of amides is 1. The maximum absolute atomic E-state index is 12.3. The Balaban J connectivity index is 1.43. The van der Waals surface area contributed by atoms with Crippen LogP contribution in [0.1, 0.15) is 24.1 Å². The summed E-state index contributed by atoms with van der Waals surface area (Å²) in [6, 6.07) is 11.4. The fourth-order valence-electron chi connectivity index (χ4n) is 2.78. The Morgan fingerprint density at radius 2 is 1.96 bits per heavy atom. The predicted molar refractivity (Wildman–Crippen MR) is 93.7 cm³/mol. The Labute approximate surface area is 147 Å². The topological polar surface area (TPSA) is 64.5 Å². The van der Waals surface area contributed by atoms with Crippen molar-refractivity contribution in [3.8, 4) is 11.6 Å². The van der Waals surface area contributed by atoms with Crippen molar-refractivity contribution in [2.75, 3.05) is 19.7 Å². The second-order valence-corrected chi connectivity index (χ2v) is 6.32. The van der Waals surface area contributed by atoms with Crippen LogP contribution in [0.4, 0.5) is 0 Å². The third-order valence-corrected chi connectivity index (χ3v) is 4.21. The summed E-state index contributed by atoms with van der Waals surface area (Å²) in [5.74, 6) is 1.28. The van der Waals surface area contributed by atoms with Gasteiger partial charge in [0.15, 0.2) is 6.61 Å². The van der Waals surface area contributed by atoms with E-state index in [9.17, 15) is 4.79 Å². The minimum absolute atomic E-state index is 0.00934. The molecule has 1 aliphatic rings. The fourth-order valence-corrected chi connectivity index (χ4v) is 2.78. The third kappa shape index (κ3) is 4.92. The highest BCUT2D eigenvalue weighted by atomic mass is 16.5. The first-order valence-electron chi connectivity index (χ1n) is 8.54. The van der Waals surface area contributed by atoms with Gasteiger partial charge in [-0.15, -0.1) is 5.10 Å². The van der Waals surface area contributed by atoms with Crippen molar-refractivity contribution >= 4 is 5.91 Å². The molecular formula is C19H23N3O3. The zero-order chi connectivity index (χ0) is 17.6. The molecule has 3 rings (SSSR count). The summed E-state index contributed by atoms with van der Waals surface area (Å²) < 4.78 is 11.4. The van der Waals surface area contributed by atoms with Gasteiger partial charge in [-0.05, 0) is 37.6 Å². The summed E-state index contributed by atoms with van der Waals surface area (Å²) >= 11 is 0. The van der Waals surface area contributed by atoms with Gasteiger partial charge in [-0.2, -0.15) is 5.10 Å². The Hall–Kier alpha value is -2.63. The first-order chi connectivity index (χ1) is 12.1. The van der Waals surface area contributed by atoms with E-state index >= 15 is 0 Å². The Kier molecular flexibility index (Phi) is 5.48. The molecule has 6 nitrogen and oxygen atoms in total. The number of carbonyl (C=O) groups excluding carboxylic acids is 1. The zero-order valence-electron chi connectivity index (χ0n) is 14.6. The molecule has 1 aromatic carbocycles. The molecule has 1 aromatic heterocycles. The third-order valence-electron chi connectivity index (χ3n) is 4.21. The Morgan fingerprint density at radius 3 is 2.64 bits per heavy atom. The van der Waals surface area contributed by atoms with E-state index in [-0.39, 0.29) is 18.6 Å². The summed E-state index contributed by atoms with van der Waals surface area (Å²) in [4.78, 5) is 14.1. The first kappa shape index (κ1) is 17.2. The number of benzene rings is 1. The van der Waals surface area contributed by atoms with Crippen LogP contribution in [0.2, 0.25) is 0 Å². The van der Waals surface area contributed by atoms with Gasteiger partial charge in [-0.3, -0.25) is 4.79 Å². The number of nitrogens with zero attached hydrogens (tertiary/aromatic N) is 3. The minimum atomic E-state index is 0.00934. The van der Waals surface area contributed by atoms with Crippen LogP contribution in [0.15, 0.2) is 36.4 Å². The van der Waals surface area contributed by atoms with E-state index in [0.717, 1.165) is 29.8 Å². The standard InChI is InChI=1S/C19H23N3O3/c1-14-4-3-5-17(12-14)24-13-19(23)22-10-8-16(9-11-22)25-18-7-6-15(2)20-21-18/h3-7,12,16H,8-11,13H2,1-2H3. The van der Waals surface area contributed by atoms with Gasteiger partial charge in [-0.25, -0.2) is 0 Å². The lowest BCUT2D eigenvalue weighted by Crippen LogP contribution is -2.43. The van der Waals surface area contributed by atoms with E-state index in [4.69, 9.17) is 9.47 Å². The van der Waals surface area contributed by atoms with Gasteiger partial charge in [-0.1, -0.05) is 12.1 Å². The van der Waals surface area contributed by atoms with E-state index in [1.54, 1.807) is 0 Å². The van der Waals surface area contributed by atoms with Gasteiger partial charge in [0.2, 0.25) is 5.88 Å². The van der Waals surface area contributed by atoms with Crippen molar-refractivity contribution in [3.05, 3.63) is 47.7 Å². The Morgan fingerprint density at radius 1 is 1.16 bits per heavy atom. The minimum Gasteiger partial charge on any atom is -0.484 e. The molecule has 1 amide bonds. The Bertz CT molecular complexity index is 710. The number of likely N-dealkylation sites (tertiary alicyclic amines) is 1. The second kappa shape index (κ2) is 7.96. The predicted octanol–water partition coefficient (Wildman–Crippen LogP) is 2.54. The second-order valence-electron chi connectivity index (χ2n) is 6.32. The number of hydrogen-bond donors (Lipinski definition) is 0. The molecule has 132 valence electrons. The van der Waals surface area contributed by atoms with Crippen LogP contribution in [-0.4, -0.2) is 46.8 Å². The number of carbonyl (C=O) groups is 1. The molecule has 1 fully saturated rings. The highest BCUT2D eigenvalue weighted by Crippen LogP contribution is 2.18. The van der Waals surface area contributed by atoms with Gasteiger partial charge in [0.1, 0.15) is 11.9 Å². The first-order valence-corrected chi connectivity index (χ1v) is 8.54. The molecule has 2 heterocycles. The van der Waals surface area contributed by atoms with E-state index in [1.807, 2.05) is 55.1 Å². The van der Waals surface area contributed by atoms with Crippen LogP contribution in [0.25, 0.3) is 0 Å². The van der Waals surface area contributed by atoms with Gasteiger partial charge < -0.3 is 14.4 Å². The summed E-state index contributed by atoms with van der Waals surface area (Å²) in [6.07, 6.45) is 1.64. The van der Waals surface area contributed by atoms with Crippen LogP contribution in [0, 0.1) is 13.8 Å². The molecule has 0 unspecified atom stereocenters. The maximum Gasteiger partial charge on any atom is 0.260 e. The van der Waals surface area contributed by atoms with Crippen molar-refractivity contribution in [1.82, 2.24) is 15.1 Å². The van der Waals surface area contributed by atoms with E-state index < -0.39 is 0 Å². The smallest absolute Gasteiger partial charge is 0.260 e. The van der Waals surface area contributed by atoms with Crippen molar-refractivity contribution in [2.24, 2.45) is 0 Å². The van der Waals surface area contributed by atoms with Crippen molar-refractivity contribution in [2.45, 2.75) is 32.8 Å². The molecule has 0 aliphatic carbocycles. The number of ether oxygens (including phenoxy) is 2. The lowest BCUT2D eigenvalue weighted by atomic mass is 10.1. The monoisotopic (exact) mass is 341 g/mol. The van der Waals surface area contributed by atoms with E-state index in [2.05, 4.69) is 10.2 Å². The molecule has 0 saturated carbocycles. The van der Waals surface area contributed by atoms with Crippen molar-refractivity contribution in [1.29, 1.82) is 0 Å². The molecule has 0 N–H and O–H groups in total. The fraction of sp³-hybridized carbons (Fsp3) is 0.421. The van der Waals surface area contributed by atoms with Crippen LogP contribution in [0.5, 0.6) is 11.6 Å². The van der Waals surface area contributed by atoms with Crippen LogP contribution in [-0.2, 0) is 4.79 Å². The summed E-state index contributed by atoms with van der Waals surface area (Å²) in [5, 5.41) is 8.01. The highest BCUT2D eigenvalue weighted by molar-refractivity contribution is 5.77. The number of aryl methyl sites for hydroxylation is 2. The number of piperidine rings is 1. The van der Waals surface area contributed by atoms with E-state index in [1.165, 1.54) is 0 Å². The molecule has 0 bridgehead atoms. The molecule has 2 aromatic rings. The quantitative estimate of drug-likeness (QED) is 0.836. The maximum atomic E-state index is 12.3. The van der Waals surface area contributed by atoms with Crippen molar-refractivity contribution in [3.63, 3.8) is 0 Å². The van der Waals surface area contributed by atoms with Gasteiger partial charge in [0, 0.05) is 32.0 Å². The lowest BCUT2D eigenvalue weighted by Gasteiger charge is -2.31. The van der Waals surface area contributed by atoms with Gasteiger partial charge >= 0.3 is 0 Å². The normalized spacial score (nSPS) is 15.0. The lowest BCUT2D eigenvalue weighted by molar-refractivity contribution is -0.135. The summed E-state index contributed by atoms with van der Waals surface area (Å²) in [5.41, 5.74) is 1.98. The molecule has 1 saturated heterocycles. The molecule has 6 heteroatoms. The van der Waals surface area contributed by atoms with Crippen LogP contribution in [0.3, 0.4) is 0 Å². The number of rotatable bonds is 5. The molecule has 0 spiro atoms. The zero-order valence-corrected chi connectivity index (χ0v) is 14.6. The number of aromatic nitrogens is 2. The van der Waals surface area contributed by atoms with Crippen LogP contribution >= 0.6 is 0 Å². The largest absolute Gasteiger partial charge is 0.484 e. The van der Waals surface area contributed by atoms with Crippen molar-refractivity contribution < 1.29 is 14.3 Å². The molecule has 0 atom stereocenters.